The predicted molar refractivity (Wildman–Crippen MR) is 84.1 cm³/mol. The van der Waals surface area contributed by atoms with Crippen molar-refractivity contribution in [2.75, 3.05) is 0 Å². The van der Waals surface area contributed by atoms with Crippen LogP contribution in [-0.4, -0.2) is 27.7 Å². The molecule has 3 saturated carbocycles. The lowest BCUT2D eigenvalue weighted by Crippen LogP contribution is -2.61. The molecule has 4 aliphatic carbocycles. The van der Waals surface area contributed by atoms with Gasteiger partial charge in [0.05, 0.1) is 17.1 Å². The summed E-state index contributed by atoms with van der Waals surface area (Å²) in [6.07, 6.45) is 9.84. The van der Waals surface area contributed by atoms with Gasteiger partial charge in [0.2, 0.25) is 0 Å². The molecule has 2 unspecified atom stereocenters. The van der Waals surface area contributed by atoms with Gasteiger partial charge in [0.25, 0.3) is 0 Å². The van der Waals surface area contributed by atoms with Crippen molar-refractivity contribution in [2.45, 2.75) is 70.5 Å². The number of Topliss-reactive ketones (excluding diaryl/α,β-unsaturated/α-hetero) is 1. The fourth-order valence-corrected chi connectivity index (χ4v) is 6.52. The van der Waals surface area contributed by atoms with Crippen molar-refractivity contribution in [3.05, 3.63) is 12.2 Å². The predicted octanol–water partition coefficient (Wildman–Crippen LogP) is 2.85. The van der Waals surface area contributed by atoms with Gasteiger partial charge in [-0.05, 0) is 68.6 Å². The SMILES string of the molecule is C[C@]12C=CC(O)CC1CC[C@@H]1[C@H]2CC[C@]2(C)C(=O)CC[C@@]12O. The number of aliphatic hydroxyl groups excluding tert-OH is 1. The van der Waals surface area contributed by atoms with Crippen LogP contribution in [0.1, 0.15) is 58.8 Å². The number of carbonyl (C=O) groups is 1. The third kappa shape index (κ3) is 1.62. The van der Waals surface area contributed by atoms with Crippen LogP contribution in [0.2, 0.25) is 0 Å². The summed E-state index contributed by atoms with van der Waals surface area (Å²) in [5.41, 5.74) is -1.25. The molecule has 0 heterocycles. The summed E-state index contributed by atoms with van der Waals surface area (Å²) in [4.78, 5) is 12.4. The summed E-state index contributed by atoms with van der Waals surface area (Å²) in [6, 6.07) is 0. The van der Waals surface area contributed by atoms with Gasteiger partial charge < -0.3 is 10.2 Å². The van der Waals surface area contributed by atoms with Crippen LogP contribution in [0.3, 0.4) is 0 Å². The van der Waals surface area contributed by atoms with E-state index in [9.17, 15) is 15.0 Å². The summed E-state index contributed by atoms with van der Waals surface area (Å²) in [6.45, 7) is 4.33. The number of hydrogen-bond acceptors (Lipinski definition) is 3. The van der Waals surface area contributed by atoms with Crippen LogP contribution in [0.5, 0.6) is 0 Å². The maximum Gasteiger partial charge on any atom is 0.141 e. The molecule has 0 aromatic rings. The monoisotopic (exact) mass is 304 g/mol. The van der Waals surface area contributed by atoms with E-state index >= 15 is 0 Å². The standard InChI is InChI=1S/C19H28O3/c1-17-8-5-13(20)11-12(17)3-4-15-14(17)6-9-18(2)16(21)7-10-19(15,18)22/h5,8,12-15,20,22H,3-4,6-7,9-11H2,1-2H3/t12?,13?,14-,15-,17+,18-,19-/m1/s1. The molecule has 0 radical (unpaired) electrons. The second-order valence-corrected chi connectivity index (χ2v) is 8.73. The van der Waals surface area contributed by atoms with E-state index in [1.165, 1.54) is 0 Å². The van der Waals surface area contributed by atoms with Crippen molar-refractivity contribution < 1.29 is 15.0 Å². The van der Waals surface area contributed by atoms with Crippen LogP contribution in [0, 0.1) is 28.6 Å². The quantitative estimate of drug-likeness (QED) is 0.677. The maximum absolute atomic E-state index is 12.4. The Labute approximate surface area is 132 Å². The fourth-order valence-electron chi connectivity index (χ4n) is 6.52. The molecule has 0 aromatic heterocycles. The van der Waals surface area contributed by atoms with E-state index < -0.39 is 11.0 Å². The molecule has 2 N–H and O–H groups in total. The third-order valence-electron chi connectivity index (χ3n) is 8.07. The zero-order valence-corrected chi connectivity index (χ0v) is 13.7. The first-order valence-corrected chi connectivity index (χ1v) is 8.94. The zero-order valence-electron chi connectivity index (χ0n) is 13.7. The van der Waals surface area contributed by atoms with Crippen LogP contribution in [0.25, 0.3) is 0 Å². The second kappa shape index (κ2) is 4.45. The maximum atomic E-state index is 12.4. The second-order valence-electron chi connectivity index (χ2n) is 8.73. The lowest BCUT2D eigenvalue weighted by Gasteiger charge is -2.61. The normalized spacial score (nSPS) is 57.2. The van der Waals surface area contributed by atoms with Gasteiger partial charge in [0.1, 0.15) is 5.78 Å². The molecule has 4 aliphatic rings. The Kier molecular flexibility index (Phi) is 3.01. The first-order chi connectivity index (χ1) is 10.3. The smallest absolute Gasteiger partial charge is 0.141 e. The average molecular weight is 304 g/mol. The highest BCUT2D eigenvalue weighted by atomic mass is 16.3. The first-order valence-electron chi connectivity index (χ1n) is 8.94. The number of ketones is 1. The summed E-state index contributed by atoms with van der Waals surface area (Å²) in [5, 5.41) is 21.5. The van der Waals surface area contributed by atoms with Gasteiger partial charge in [-0.1, -0.05) is 19.1 Å². The van der Waals surface area contributed by atoms with E-state index in [0.29, 0.717) is 24.7 Å². The van der Waals surface area contributed by atoms with Gasteiger partial charge in [-0.25, -0.2) is 0 Å². The van der Waals surface area contributed by atoms with E-state index in [1.54, 1.807) is 0 Å². The summed E-state index contributed by atoms with van der Waals surface area (Å²) < 4.78 is 0. The molecule has 22 heavy (non-hydrogen) atoms. The van der Waals surface area contributed by atoms with Crippen LogP contribution in [0.4, 0.5) is 0 Å². The fraction of sp³-hybridized carbons (Fsp3) is 0.842. The van der Waals surface area contributed by atoms with Crippen LogP contribution < -0.4 is 0 Å². The van der Waals surface area contributed by atoms with Gasteiger partial charge >= 0.3 is 0 Å². The van der Waals surface area contributed by atoms with Crippen molar-refractivity contribution in [3.63, 3.8) is 0 Å². The number of rotatable bonds is 0. The summed E-state index contributed by atoms with van der Waals surface area (Å²) in [7, 11) is 0. The van der Waals surface area contributed by atoms with Crippen molar-refractivity contribution in [1.82, 2.24) is 0 Å². The lowest BCUT2D eigenvalue weighted by atomic mass is 9.45. The van der Waals surface area contributed by atoms with Crippen LogP contribution >= 0.6 is 0 Å². The molecule has 122 valence electrons. The largest absolute Gasteiger partial charge is 0.389 e. The van der Waals surface area contributed by atoms with Crippen molar-refractivity contribution in [1.29, 1.82) is 0 Å². The van der Waals surface area contributed by atoms with E-state index in [0.717, 1.165) is 32.1 Å². The molecule has 0 spiro atoms. The molecule has 0 aliphatic heterocycles. The molecule has 3 fully saturated rings. The van der Waals surface area contributed by atoms with Gasteiger partial charge in [0, 0.05) is 6.42 Å². The number of carbonyl (C=O) groups excluding carboxylic acids is 1. The molecular weight excluding hydrogens is 276 g/mol. The van der Waals surface area contributed by atoms with Gasteiger partial charge in [-0.3, -0.25) is 4.79 Å². The van der Waals surface area contributed by atoms with Crippen molar-refractivity contribution in [3.8, 4) is 0 Å². The van der Waals surface area contributed by atoms with Gasteiger partial charge in [-0.2, -0.15) is 0 Å². The van der Waals surface area contributed by atoms with Gasteiger partial charge in [0.15, 0.2) is 0 Å². The zero-order chi connectivity index (χ0) is 15.8. The minimum Gasteiger partial charge on any atom is -0.389 e. The molecule has 0 saturated heterocycles. The van der Waals surface area contributed by atoms with E-state index in [-0.39, 0.29) is 23.2 Å². The van der Waals surface area contributed by atoms with E-state index in [4.69, 9.17) is 0 Å². The Balaban J connectivity index is 1.74. The highest BCUT2D eigenvalue weighted by Crippen LogP contribution is 2.65. The van der Waals surface area contributed by atoms with Crippen molar-refractivity contribution >= 4 is 5.78 Å². The van der Waals surface area contributed by atoms with E-state index in [2.05, 4.69) is 13.0 Å². The first kappa shape index (κ1) is 14.9. The summed E-state index contributed by atoms with van der Waals surface area (Å²) in [5.74, 6) is 1.46. The highest BCUT2D eigenvalue weighted by molar-refractivity contribution is 5.88. The Bertz CT molecular complexity index is 541. The molecule has 7 atom stereocenters. The number of hydrogen-bond donors (Lipinski definition) is 2. The topological polar surface area (TPSA) is 57.5 Å². The molecule has 3 heteroatoms. The molecule has 3 nitrogen and oxygen atoms in total. The lowest BCUT2D eigenvalue weighted by molar-refractivity contribution is -0.188. The Morgan fingerprint density at radius 3 is 2.68 bits per heavy atom. The molecule has 0 amide bonds. The minimum atomic E-state index is -0.801. The van der Waals surface area contributed by atoms with E-state index in [1.807, 2.05) is 13.0 Å². The van der Waals surface area contributed by atoms with Gasteiger partial charge in [-0.15, -0.1) is 0 Å². The average Bonchev–Trinajstić information content (AvgIpc) is 2.72. The number of allylic oxidation sites excluding steroid dienone is 1. The number of fused-ring (bicyclic) bond motifs is 5. The molecular formula is C19H28O3. The molecule has 0 bridgehead atoms. The molecule has 0 aromatic carbocycles. The molecule has 4 rings (SSSR count). The Hall–Kier alpha value is -0.670. The third-order valence-corrected chi connectivity index (χ3v) is 8.07. The Morgan fingerprint density at radius 1 is 1.14 bits per heavy atom. The Morgan fingerprint density at radius 2 is 1.91 bits per heavy atom. The summed E-state index contributed by atoms with van der Waals surface area (Å²) >= 11 is 0. The number of aliphatic hydroxyl groups is 2. The van der Waals surface area contributed by atoms with Crippen molar-refractivity contribution in [2.24, 2.45) is 28.6 Å². The van der Waals surface area contributed by atoms with Crippen LogP contribution in [-0.2, 0) is 4.79 Å². The minimum absolute atomic E-state index is 0.0743. The van der Waals surface area contributed by atoms with Crippen LogP contribution in [0.15, 0.2) is 12.2 Å². The highest BCUT2D eigenvalue weighted by Gasteiger charge is 2.66.